The number of guanidine groups is 1. The molecule has 0 radical (unpaired) electrons. The first-order valence-corrected chi connectivity index (χ1v) is 9.18. The number of imidazole rings is 1. The van der Waals surface area contributed by atoms with E-state index in [9.17, 15) is 0 Å². The molecule has 0 amide bonds. The summed E-state index contributed by atoms with van der Waals surface area (Å²) >= 11 is 3.48. The van der Waals surface area contributed by atoms with Crippen LogP contribution in [0.2, 0.25) is 0 Å². The maximum Gasteiger partial charge on any atom is 0.192 e. The van der Waals surface area contributed by atoms with Crippen molar-refractivity contribution in [3.8, 4) is 0 Å². The van der Waals surface area contributed by atoms with Crippen molar-refractivity contribution in [2.75, 3.05) is 6.54 Å². The zero-order chi connectivity index (χ0) is 17.6. The molecule has 0 spiro atoms. The van der Waals surface area contributed by atoms with E-state index in [0.717, 1.165) is 28.3 Å². The predicted molar refractivity (Wildman–Crippen MR) is 121 cm³/mol. The molecule has 0 aliphatic carbocycles. The van der Waals surface area contributed by atoms with Gasteiger partial charge in [0.15, 0.2) is 5.96 Å². The van der Waals surface area contributed by atoms with Crippen LogP contribution in [0.4, 0.5) is 0 Å². The maximum atomic E-state index is 4.67. The van der Waals surface area contributed by atoms with E-state index >= 15 is 0 Å². The largest absolute Gasteiger partial charge is 0.357 e. The van der Waals surface area contributed by atoms with Crippen molar-refractivity contribution in [2.45, 2.75) is 26.4 Å². The highest BCUT2D eigenvalue weighted by molar-refractivity contribution is 14.0. The normalized spacial score (nSPS) is 12.5. The van der Waals surface area contributed by atoms with Crippen molar-refractivity contribution in [1.29, 1.82) is 0 Å². The minimum Gasteiger partial charge on any atom is -0.357 e. The van der Waals surface area contributed by atoms with Crippen LogP contribution >= 0.6 is 39.9 Å². The second-order valence-electron chi connectivity index (χ2n) is 5.82. The van der Waals surface area contributed by atoms with Gasteiger partial charge >= 0.3 is 0 Å². The molecular weight excluding hydrogens is 505 g/mol. The number of benzene rings is 1. The number of halogens is 2. The van der Waals surface area contributed by atoms with Crippen molar-refractivity contribution in [3.05, 3.63) is 70.6 Å². The van der Waals surface area contributed by atoms with Crippen LogP contribution < -0.4 is 10.6 Å². The van der Waals surface area contributed by atoms with E-state index in [4.69, 9.17) is 0 Å². The molecule has 2 N–H and O–H groups in total. The first-order valence-electron chi connectivity index (χ1n) is 8.38. The SMILES string of the molecule is CCNC(=NCc1cn2cc(Br)ccc2n1)NC(C)c1ccccc1.I. The Morgan fingerprint density at radius 1 is 1.19 bits per heavy atom. The molecule has 3 aromatic rings. The molecule has 26 heavy (non-hydrogen) atoms. The van der Waals surface area contributed by atoms with Gasteiger partial charge in [0.2, 0.25) is 0 Å². The Morgan fingerprint density at radius 3 is 2.69 bits per heavy atom. The molecular formula is C19H23BrIN5. The second kappa shape index (κ2) is 9.91. The molecule has 0 aliphatic heterocycles. The van der Waals surface area contributed by atoms with Gasteiger partial charge in [0.05, 0.1) is 18.3 Å². The third kappa shape index (κ3) is 5.44. The fourth-order valence-electron chi connectivity index (χ4n) is 2.60. The summed E-state index contributed by atoms with van der Waals surface area (Å²) in [6, 6.07) is 14.5. The van der Waals surface area contributed by atoms with E-state index in [2.05, 4.69) is 62.5 Å². The molecule has 0 fully saturated rings. The molecule has 7 heteroatoms. The van der Waals surface area contributed by atoms with Crippen LogP contribution in [0.15, 0.2) is 64.3 Å². The molecule has 1 aromatic carbocycles. The molecule has 2 aromatic heterocycles. The predicted octanol–water partition coefficient (Wildman–Crippen LogP) is 4.53. The Bertz CT molecular complexity index is 863. The van der Waals surface area contributed by atoms with Gasteiger partial charge in [0, 0.05) is 23.4 Å². The van der Waals surface area contributed by atoms with Crippen molar-refractivity contribution < 1.29 is 0 Å². The summed E-state index contributed by atoms with van der Waals surface area (Å²) in [4.78, 5) is 9.28. The molecule has 0 saturated heterocycles. The number of hydrogen-bond acceptors (Lipinski definition) is 2. The molecule has 0 saturated carbocycles. The number of rotatable bonds is 5. The zero-order valence-electron chi connectivity index (χ0n) is 14.8. The minimum absolute atomic E-state index is 0. The van der Waals surface area contributed by atoms with Crippen LogP contribution in [0.5, 0.6) is 0 Å². The number of aliphatic imine (C=N–C) groups is 1. The second-order valence-corrected chi connectivity index (χ2v) is 6.73. The van der Waals surface area contributed by atoms with E-state index < -0.39 is 0 Å². The van der Waals surface area contributed by atoms with Gasteiger partial charge < -0.3 is 15.0 Å². The summed E-state index contributed by atoms with van der Waals surface area (Å²) in [5, 5.41) is 6.74. The first kappa shape index (κ1) is 20.7. The summed E-state index contributed by atoms with van der Waals surface area (Å²) in [6.07, 6.45) is 4.00. The molecule has 2 heterocycles. The highest BCUT2D eigenvalue weighted by atomic mass is 127. The van der Waals surface area contributed by atoms with Crippen LogP contribution in [0, 0.1) is 0 Å². The molecule has 5 nitrogen and oxygen atoms in total. The molecule has 1 unspecified atom stereocenters. The first-order chi connectivity index (χ1) is 12.2. The Kier molecular flexibility index (Phi) is 7.89. The van der Waals surface area contributed by atoms with Gasteiger partial charge in [-0.05, 0) is 47.5 Å². The Balaban J connectivity index is 0.00000243. The third-order valence-electron chi connectivity index (χ3n) is 3.86. The lowest BCUT2D eigenvalue weighted by Crippen LogP contribution is -2.38. The van der Waals surface area contributed by atoms with E-state index in [1.807, 2.05) is 47.1 Å². The van der Waals surface area contributed by atoms with Crippen LogP contribution in [0.1, 0.15) is 31.1 Å². The van der Waals surface area contributed by atoms with Crippen LogP contribution in [0.25, 0.3) is 5.65 Å². The monoisotopic (exact) mass is 527 g/mol. The van der Waals surface area contributed by atoms with Gasteiger partial charge in [-0.15, -0.1) is 24.0 Å². The van der Waals surface area contributed by atoms with Crippen molar-refractivity contribution >= 4 is 51.5 Å². The number of nitrogens with one attached hydrogen (secondary N) is 2. The molecule has 0 aliphatic rings. The third-order valence-corrected chi connectivity index (χ3v) is 4.33. The fourth-order valence-corrected chi connectivity index (χ4v) is 2.96. The number of aromatic nitrogens is 2. The standard InChI is InChI=1S/C19H22BrN5.HI/c1-3-21-19(23-14(2)15-7-5-4-6-8-15)22-11-17-13-25-12-16(20)9-10-18(25)24-17;/h4-10,12-14H,3,11H2,1-2H3,(H2,21,22,23);1H. The van der Waals surface area contributed by atoms with Crippen LogP contribution in [-0.2, 0) is 6.54 Å². The Hall–Kier alpha value is -1.61. The van der Waals surface area contributed by atoms with Gasteiger partial charge in [-0.25, -0.2) is 9.98 Å². The Labute approximate surface area is 179 Å². The van der Waals surface area contributed by atoms with Gasteiger partial charge in [-0.1, -0.05) is 30.3 Å². The highest BCUT2D eigenvalue weighted by Crippen LogP contribution is 2.13. The molecule has 3 rings (SSSR count). The number of pyridine rings is 1. The highest BCUT2D eigenvalue weighted by Gasteiger charge is 2.08. The zero-order valence-corrected chi connectivity index (χ0v) is 18.7. The molecule has 0 bridgehead atoms. The lowest BCUT2D eigenvalue weighted by Gasteiger charge is -2.18. The lowest BCUT2D eigenvalue weighted by atomic mass is 10.1. The van der Waals surface area contributed by atoms with Crippen LogP contribution in [-0.4, -0.2) is 21.9 Å². The molecule has 138 valence electrons. The summed E-state index contributed by atoms with van der Waals surface area (Å²) in [6.45, 7) is 5.53. The van der Waals surface area contributed by atoms with Gasteiger partial charge in [-0.3, -0.25) is 0 Å². The van der Waals surface area contributed by atoms with E-state index in [-0.39, 0.29) is 30.0 Å². The summed E-state index contributed by atoms with van der Waals surface area (Å²) in [5.41, 5.74) is 3.08. The molecule has 1 atom stereocenters. The van der Waals surface area contributed by atoms with E-state index in [1.165, 1.54) is 5.56 Å². The van der Waals surface area contributed by atoms with Crippen molar-refractivity contribution in [3.63, 3.8) is 0 Å². The van der Waals surface area contributed by atoms with Gasteiger partial charge in [-0.2, -0.15) is 0 Å². The summed E-state index contributed by atoms with van der Waals surface area (Å²) in [7, 11) is 0. The van der Waals surface area contributed by atoms with Crippen LogP contribution in [0.3, 0.4) is 0 Å². The number of hydrogen-bond donors (Lipinski definition) is 2. The smallest absolute Gasteiger partial charge is 0.192 e. The van der Waals surface area contributed by atoms with Gasteiger partial charge in [0.25, 0.3) is 0 Å². The number of fused-ring (bicyclic) bond motifs is 1. The average Bonchev–Trinajstić information content (AvgIpc) is 3.02. The van der Waals surface area contributed by atoms with Gasteiger partial charge in [0.1, 0.15) is 5.65 Å². The quantitative estimate of drug-likeness (QED) is 0.291. The van der Waals surface area contributed by atoms with Crippen molar-refractivity contribution in [2.24, 2.45) is 4.99 Å². The maximum absolute atomic E-state index is 4.67. The number of nitrogens with zero attached hydrogens (tertiary/aromatic N) is 3. The topological polar surface area (TPSA) is 53.7 Å². The fraction of sp³-hybridized carbons (Fsp3) is 0.263. The van der Waals surface area contributed by atoms with E-state index in [1.54, 1.807) is 0 Å². The van der Waals surface area contributed by atoms with Crippen molar-refractivity contribution in [1.82, 2.24) is 20.0 Å². The lowest BCUT2D eigenvalue weighted by molar-refractivity contribution is 0.686. The summed E-state index contributed by atoms with van der Waals surface area (Å²) in [5.74, 6) is 0.789. The minimum atomic E-state index is 0. The Morgan fingerprint density at radius 2 is 1.96 bits per heavy atom. The summed E-state index contributed by atoms with van der Waals surface area (Å²) < 4.78 is 3.03. The van der Waals surface area contributed by atoms with E-state index in [0.29, 0.717) is 6.54 Å². The average molecular weight is 528 g/mol.